The van der Waals surface area contributed by atoms with Gasteiger partial charge in [0.15, 0.2) is 0 Å². The molecule has 0 amide bonds. The molecule has 0 aromatic rings. The Morgan fingerprint density at radius 3 is 2.56 bits per heavy atom. The molecule has 2 rings (SSSR count). The summed E-state index contributed by atoms with van der Waals surface area (Å²) in [6.07, 6.45) is 8.01. The number of methoxy groups -OCH3 is 1. The van der Waals surface area contributed by atoms with Crippen LogP contribution in [0.15, 0.2) is 0 Å². The molecule has 0 spiro atoms. The molecule has 0 aliphatic heterocycles. The Balaban J connectivity index is 1.68. The molecule has 2 fully saturated rings. The van der Waals surface area contributed by atoms with E-state index in [9.17, 15) is 0 Å². The summed E-state index contributed by atoms with van der Waals surface area (Å²) in [6.45, 7) is 3.20. The van der Waals surface area contributed by atoms with Gasteiger partial charge in [0.25, 0.3) is 0 Å². The van der Waals surface area contributed by atoms with Crippen molar-refractivity contribution in [3.05, 3.63) is 0 Å². The summed E-state index contributed by atoms with van der Waals surface area (Å²) in [4.78, 5) is 2.61. The Morgan fingerprint density at radius 2 is 2.00 bits per heavy atom. The molecule has 2 atom stereocenters. The first-order valence-electron chi connectivity index (χ1n) is 6.80. The first-order chi connectivity index (χ1) is 7.81. The van der Waals surface area contributed by atoms with Crippen LogP contribution in [0.1, 0.15) is 38.5 Å². The van der Waals surface area contributed by atoms with Crippen LogP contribution in [0.5, 0.6) is 0 Å². The average Bonchev–Trinajstić information content (AvgIpc) is 3.04. The maximum atomic E-state index is 6.11. The SMILES string of the molecule is COCCN(CCC1CCCC1N)C1CC1. The predicted molar refractivity (Wildman–Crippen MR) is 66.4 cm³/mol. The number of nitrogens with zero attached hydrogens (tertiary/aromatic N) is 1. The van der Waals surface area contributed by atoms with Crippen LogP contribution in [-0.4, -0.2) is 43.8 Å². The average molecular weight is 226 g/mol. The molecule has 16 heavy (non-hydrogen) atoms. The monoisotopic (exact) mass is 226 g/mol. The summed E-state index contributed by atoms with van der Waals surface area (Å²) in [6, 6.07) is 1.33. The number of hydrogen-bond acceptors (Lipinski definition) is 3. The molecule has 2 aliphatic carbocycles. The predicted octanol–water partition coefficient (Wildman–Crippen LogP) is 1.61. The Bertz CT molecular complexity index is 206. The standard InChI is InChI=1S/C13H26N2O/c1-16-10-9-15(12-5-6-12)8-7-11-3-2-4-13(11)14/h11-13H,2-10,14H2,1H3. The van der Waals surface area contributed by atoms with Crippen LogP contribution in [0, 0.1) is 5.92 Å². The lowest BCUT2D eigenvalue weighted by Gasteiger charge is -2.24. The van der Waals surface area contributed by atoms with E-state index in [1.54, 1.807) is 7.11 Å². The first kappa shape index (κ1) is 12.3. The van der Waals surface area contributed by atoms with Gasteiger partial charge in [-0.2, -0.15) is 0 Å². The summed E-state index contributed by atoms with van der Waals surface area (Å²) < 4.78 is 5.18. The van der Waals surface area contributed by atoms with E-state index in [4.69, 9.17) is 10.5 Å². The smallest absolute Gasteiger partial charge is 0.0589 e. The van der Waals surface area contributed by atoms with Crippen LogP contribution in [-0.2, 0) is 4.74 Å². The van der Waals surface area contributed by atoms with E-state index in [1.807, 2.05) is 0 Å². The molecular weight excluding hydrogens is 200 g/mol. The molecule has 2 N–H and O–H groups in total. The fraction of sp³-hybridized carbons (Fsp3) is 1.00. The highest BCUT2D eigenvalue weighted by Gasteiger charge is 2.30. The topological polar surface area (TPSA) is 38.5 Å². The van der Waals surface area contributed by atoms with Crippen LogP contribution in [0.3, 0.4) is 0 Å². The highest BCUT2D eigenvalue weighted by Crippen LogP contribution is 2.30. The lowest BCUT2D eigenvalue weighted by molar-refractivity contribution is 0.138. The van der Waals surface area contributed by atoms with Crippen molar-refractivity contribution in [3.63, 3.8) is 0 Å². The van der Waals surface area contributed by atoms with Gasteiger partial charge in [0.05, 0.1) is 6.61 Å². The van der Waals surface area contributed by atoms with Crippen LogP contribution in [0.2, 0.25) is 0 Å². The van der Waals surface area contributed by atoms with Gasteiger partial charge in [0.1, 0.15) is 0 Å². The lowest BCUT2D eigenvalue weighted by Crippen LogP contribution is -2.34. The third-order valence-electron chi connectivity index (χ3n) is 4.15. The largest absolute Gasteiger partial charge is 0.383 e. The zero-order valence-corrected chi connectivity index (χ0v) is 10.5. The molecule has 2 saturated carbocycles. The van der Waals surface area contributed by atoms with Crippen molar-refractivity contribution < 1.29 is 4.74 Å². The number of ether oxygens (including phenoxy) is 1. The van der Waals surface area contributed by atoms with Gasteiger partial charge in [-0.25, -0.2) is 0 Å². The normalized spacial score (nSPS) is 30.2. The van der Waals surface area contributed by atoms with E-state index in [2.05, 4.69) is 4.90 Å². The minimum absolute atomic E-state index is 0.475. The van der Waals surface area contributed by atoms with E-state index in [0.29, 0.717) is 6.04 Å². The van der Waals surface area contributed by atoms with E-state index in [0.717, 1.165) is 25.1 Å². The van der Waals surface area contributed by atoms with E-state index in [-0.39, 0.29) is 0 Å². The molecule has 0 aromatic carbocycles. The summed E-state index contributed by atoms with van der Waals surface area (Å²) in [7, 11) is 1.79. The first-order valence-corrected chi connectivity index (χ1v) is 6.80. The van der Waals surface area contributed by atoms with Crippen molar-refractivity contribution in [1.29, 1.82) is 0 Å². The molecule has 0 radical (unpaired) electrons. The summed E-state index contributed by atoms with van der Waals surface area (Å²) in [5, 5.41) is 0. The Hall–Kier alpha value is -0.120. The molecule has 2 unspecified atom stereocenters. The van der Waals surface area contributed by atoms with Crippen LogP contribution < -0.4 is 5.73 Å². The zero-order chi connectivity index (χ0) is 11.4. The quantitative estimate of drug-likeness (QED) is 0.717. The fourth-order valence-electron chi connectivity index (χ4n) is 2.88. The van der Waals surface area contributed by atoms with Crippen molar-refractivity contribution in [1.82, 2.24) is 4.90 Å². The van der Waals surface area contributed by atoms with Crippen molar-refractivity contribution in [2.45, 2.75) is 50.6 Å². The molecule has 0 aromatic heterocycles. The Kier molecular flexibility index (Phi) is 4.62. The second kappa shape index (κ2) is 5.99. The Labute approximate surface area is 99.3 Å². The van der Waals surface area contributed by atoms with Crippen LogP contribution in [0.4, 0.5) is 0 Å². The van der Waals surface area contributed by atoms with Gasteiger partial charge in [0.2, 0.25) is 0 Å². The molecule has 3 heteroatoms. The second-order valence-corrected chi connectivity index (χ2v) is 5.40. The maximum absolute atomic E-state index is 6.11. The van der Waals surface area contributed by atoms with Gasteiger partial charge in [-0.3, -0.25) is 4.90 Å². The number of nitrogens with two attached hydrogens (primary N) is 1. The lowest BCUT2D eigenvalue weighted by atomic mass is 10.00. The molecule has 0 bridgehead atoms. The van der Waals surface area contributed by atoms with Gasteiger partial charge in [-0.05, 0) is 44.6 Å². The fourth-order valence-corrected chi connectivity index (χ4v) is 2.88. The minimum Gasteiger partial charge on any atom is -0.383 e. The third kappa shape index (κ3) is 3.44. The van der Waals surface area contributed by atoms with Gasteiger partial charge in [0, 0.05) is 25.7 Å². The van der Waals surface area contributed by atoms with Crippen molar-refractivity contribution >= 4 is 0 Å². The number of rotatable bonds is 7. The molecule has 0 saturated heterocycles. The third-order valence-corrected chi connectivity index (χ3v) is 4.15. The zero-order valence-electron chi connectivity index (χ0n) is 10.5. The maximum Gasteiger partial charge on any atom is 0.0589 e. The van der Waals surface area contributed by atoms with Gasteiger partial charge >= 0.3 is 0 Å². The van der Waals surface area contributed by atoms with Crippen molar-refractivity contribution in [2.75, 3.05) is 26.8 Å². The van der Waals surface area contributed by atoms with Crippen LogP contribution >= 0.6 is 0 Å². The van der Waals surface area contributed by atoms with Gasteiger partial charge < -0.3 is 10.5 Å². The highest BCUT2D eigenvalue weighted by molar-refractivity contribution is 4.86. The van der Waals surface area contributed by atoms with Gasteiger partial charge in [-0.15, -0.1) is 0 Å². The van der Waals surface area contributed by atoms with Gasteiger partial charge in [-0.1, -0.05) is 6.42 Å². The number of hydrogen-bond donors (Lipinski definition) is 1. The summed E-state index contributed by atoms with van der Waals surface area (Å²) >= 11 is 0. The molecule has 0 heterocycles. The van der Waals surface area contributed by atoms with Crippen molar-refractivity contribution in [3.8, 4) is 0 Å². The molecule has 3 nitrogen and oxygen atoms in total. The second-order valence-electron chi connectivity index (χ2n) is 5.40. The van der Waals surface area contributed by atoms with Crippen molar-refractivity contribution in [2.24, 2.45) is 11.7 Å². The molecule has 94 valence electrons. The van der Waals surface area contributed by atoms with E-state index >= 15 is 0 Å². The Morgan fingerprint density at radius 1 is 1.19 bits per heavy atom. The molecule has 2 aliphatic rings. The molecular formula is C13H26N2O. The summed E-state index contributed by atoms with van der Waals surface area (Å²) in [5.74, 6) is 0.781. The highest BCUT2D eigenvalue weighted by atomic mass is 16.5. The van der Waals surface area contributed by atoms with Crippen LogP contribution in [0.25, 0.3) is 0 Å². The van der Waals surface area contributed by atoms with E-state index < -0.39 is 0 Å². The van der Waals surface area contributed by atoms with E-state index in [1.165, 1.54) is 45.1 Å². The summed E-state index contributed by atoms with van der Waals surface area (Å²) in [5.41, 5.74) is 6.11. The minimum atomic E-state index is 0.475.